The minimum Gasteiger partial charge on any atom is -0.313 e. The van der Waals surface area contributed by atoms with Crippen LogP contribution in [-0.2, 0) is 0 Å². The molecule has 0 atom stereocenters. The van der Waals surface area contributed by atoms with E-state index in [9.17, 15) is 9.59 Å². The summed E-state index contributed by atoms with van der Waals surface area (Å²) in [6, 6.07) is 2.65. The van der Waals surface area contributed by atoms with Crippen LogP contribution in [0.1, 0.15) is 12.8 Å². The fourth-order valence-corrected chi connectivity index (χ4v) is 2.70. The van der Waals surface area contributed by atoms with Crippen molar-refractivity contribution in [2.45, 2.75) is 12.8 Å². The Morgan fingerprint density at radius 3 is 2.17 bits per heavy atom. The third-order valence-electron chi connectivity index (χ3n) is 2.90. The summed E-state index contributed by atoms with van der Waals surface area (Å²) in [4.78, 5) is 33.8. The highest BCUT2D eigenvalue weighted by molar-refractivity contribution is 7.99. The Balaban J connectivity index is 0.000000198. The molecule has 24 heavy (non-hydrogen) atoms. The topological polar surface area (TPSA) is 154 Å². The van der Waals surface area contributed by atoms with Crippen molar-refractivity contribution in [3.05, 3.63) is 45.5 Å². The molecule has 0 bridgehead atoms. The van der Waals surface area contributed by atoms with Crippen LogP contribution >= 0.6 is 11.8 Å². The van der Waals surface area contributed by atoms with Crippen molar-refractivity contribution in [1.29, 1.82) is 0 Å². The lowest BCUT2D eigenvalue weighted by molar-refractivity contribution is 1.07. The average molecular weight is 350 g/mol. The van der Waals surface area contributed by atoms with Crippen LogP contribution < -0.4 is 27.8 Å². The van der Waals surface area contributed by atoms with E-state index in [2.05, 4.69) is 35.9 Å². The van der Waals surface area contributed by atoms with Crippen LogP contribution in [0.2, 0.25) is 0 Å². The third-order valence-corrected chi connectivity index (χ3v) is 3.89. The summed E-state index contributed by atoms with van der Waals surface area (Å²) in [6.07, 6.45) is 4.67. The van der Waals surface area contributed by atoms with Gasteiger partial charge in [0.15, 0.2) is 5.82 Å². The summed E-state index contributed by atoms with van der Waals surface area (Å²) in [5.74, 6) is 8.06. The average Bonchev–Trinajstić information content (AvgIpc) is 2.61. The zero-order valence-corrected chi connectivity index (χ0v) is 13.6. The predicted octanol–water partition coefficient (Wildman–Crippen LogP) is 0.120. The largest absolute Gasteiger partial charge is 0.313 e. The molecule has 10 nitrogen and oxygen atoms in total. The van der Waals surface area contributed by atoms with Gasteiger partial charge in [-0.3, -0.25) is 15.0 Å². The molecule has 128 valence electrons. The van der Waals surface area contributed by atoms with Gasteiger partial charge in [0.05, 0.1) is 12.7 Å². The first-order valence-corrected chi connectivity index (χ1v) is 8.28. The molecule has 11 heteroatoms. The lowest BCUT2D eigenvalue weighted by Crippen LogP contribution is -2.13. The van der Waals surface area contributed by atoms with E-state index in [0.29, 0.717) is 11.6 Å². The van der Waals surface area contributed by atoms with Gasteiger partial charge in [0.1, 0.15) is 5.82 Å². The number of hydrazone groups is 1. The van der Waals surface area contributed by atoms with Crippen molar-refractivity contribution >= 4 is 29.1 Å². The maximum atomic E-state index is 11.0. The molecular weight excluding hydrogens is 332 g/mol. The van der Waals surface area contributed by atoms with E-state index >= 15 is 0 Å². The van der Waals surface area contributed by atoms with Gasteiger partial charge in [0, 0.05) is 17.8 Å². The van der Waals surface area contributed by atoms with Crippen molar-refractivity contribution in [2.75, 3.05) is 22.4 Å². The van der Waals surface area contributed by atoms with Gasteiger partial charge in [-0.2, -0.15) is 16.9 Å². The van der Waals surface area contributed by atoms with Crippen molar-refractivity contribution in [2.24, 2.45) is 10.9 Å². The number of aromatic amines is 2. The number of H-pyrrole nitrogens is 2. The van der Waals surface area contributed by atoms with E-state index in [1.807, 2.05) is 11.8 Å². The van der Waals surface area contributed by atoms with Crippen LogP contribution in [0.5, 0.6) is 0 Å². The second-order valence-electron chi connectivity index (χ2n) is 4.64. The van der Waals surface area contributed by atoms with Crippen LogP contribution in [0.25, 0.3) is 0 Å². The molecule has 3 heterocycles. The Bertz CT molecular complexity index is 780. The van der Waals surface area contributed by atoms with Crippen molar-refractivity contribution in [3.8, 4) is 0 Å². The van der Waals surface area contributed by atoms with Crippen molar-refractivity contribution in [1.82, 2.24) is 19.9 Å². The molecule has 2 aromatic rings. The van der Waals surface area contributed by atoms with Crippen LogP contribution in [-0.4, -0.2) is 37.2 Å². The molecule has 0 saturated carbocycles. The summed E-state index contributed by atoms with van der Waals surface area (Å²) in [5, 5.41) is 4.23. The molecule has 1 aliphatic rings. The summed E-state index contributed by atoms with van der Waals surface area (Å²) < 4.78 is 0. The number of hydrogen-bond acceptors (Lipinski definition) is 9. The molecule has 2 aromatic heterocycles. The molecular formula is C13H18N8O2S. The molecule has 0 amide bonds. The van der Waals surface area contributed by atoms with Gasteiger partial charge in [0.25, 0.3) is 11.1 Å². The van der Waals surface area contributed by atoms with Crippen LogP contribution in [0, 0.1) is 0 Å². The molecule has 0 unspecified atom stereocenters. The highest BCUT2D eigenvalue weighted by atomic mass is 32.2. The lowest BCUT2D eigenvalue weighted by atomic mass is 10.2. The quantitative estimate of drug-likeness (QED) is 0.386. The Morgan fingerprint density at radius 1 is 1.04 bits per heavy atom. The monoisotopic (exact) mass is 350 g/mol. The Hall–Kier alpha value is -2.66. The van der Waals surface area contributed by atoms with Crippen LogP contribution in [0.4, 0.5) is 11.6 Å². The summed E-state index contributed by atoms with van der Waals surface area (Å²) >= 11 is 1.94. The minimum absolute atomic E-state index is 0.174. The van der Waals surface area contributed by atoms with Crippen molar-refractivity contribution < 1.29 is 0 Å². The van der Waals surface area contributed by atoms with Crippen LogP contribution in [0.3, 0.4) is 0 Å². The molecule has 1 fully saturated rings. The summed E-state index contributed by atoms with van der Waals surface area (Å²) in [5.41, 5.74) is 5.79. The van der Waals surface area contributed by atoms with E-state index in [1.165, 1.54) is 24.8 Å². The summed E-state index contributed by atoms with van der Waals surface area (Å²) in [7, 11) is 0. The van der Waals surface area contributed by atoms with Gasteiger partial charge < -0.3 is 15.4 Å². The maximum Gasteiger partial charge on any atom is 0.252 e. The smallest absolute Gasteiger partial charge is 0.252 e. The molecule has 0 aliphatic carbocycles. The molecule has 0 radical (unpaired) electrons. The molecule has 0 spiro atoms. The maximum absolute atomic E-state index is 11.0. The van der Waals surface area contributed by atoms with E-state index in [4.69, 9.17) is 5.84 Å². The zero-order valence-electron chi connectivity index (χ0n) is 12.8. The van der Waals surface area contributed by atoms with E-state index in [-0.39, 0.29) is 11.1 Å². The summed E-state index contributed by atoms with van der Waals surface area (Å²) in [6.45, 7) is 0. The van der Waals surface area contributed by atoms with Gasteiger partial charge in [-0.05, 0) is 24.3 Å². The van der Waals surface area contributed by atoms with Gasteiger partial charge in [0.2, 0.25) is 0 Å². The highest BCUT2D eigenvalue weighted by Gasteiger charge is 2.06. The number of nitrogen functional groups attached to an aromatic ring is 1. The third kappa shape index (κ3) is 6.22. The number of nitrogens with one attached hydrogen (secondary N) is 4. The molecule has 0 aromatic carbocycles. The molecule has 6 N–H and O–H groups in total. The molecule has 1 saturated heterocycles. The second kappa shape index (κ2) is 9.47. The van der Waals surface area contributed by atoms with E-state index in [0.717, 1.165) is 30.1 Å². The highest BCUT2D eigenvalue weighted by Crippen LogP contribution is 2.14. The Kier molecular flexibility index (Phi) is 6.98. The normalized spacial score (nSPS) is 13.5. The second-order valence-corrected chi connectivity index (χ2v) is 5.86. The first-order chi connectivity index (χ1) is 11.7. The number of thioether (sulfide) groups is 1. The number of aromatic nitrogens is 4. The van der Waals surface area contributed by atoms with E-state index < -0.39 is 0 Å². The Labute approximate surface area is 141 Å². The van der Waals surface area contributed by atoms with Crippen LogP contribution in [0.15, 0.2) is 39.5 Å². The number of nitrogens with two attached hydrogens (primary N) is 1. The fourth-order valence-electron chi connectivity index (χ4n) is 1.73. The number of nitrogens with zero attached hydrogens (tertiary/aromatic N) is 3. The van der Waals surface area contributed by atoms with E-state index in [1.54, 1.807) is 0 Å². The molecule has 1 aliphatic heterocycles. The van der Waals surface area contributed by atoms with Gasteiger partial charge >= 0.3 is 0 Å². The first kappa shape index (κ1) is 17.7. The number of anilines is 2. The number of hydrogen-bond donors (Lipinski definition) is 5. The minimum atomic E-state index is -0.224. The van der Waals surface area contributed by atoms with Gasteiger partial charge in [-0.25, -0.2) is 15.8 Å². The molecule has 3 rings (SSSR count). The zero-order chi connectivity index (χ0) is 17.2. The first-order valence-electron chi connectivity index (χ1n) is 7.12. The predicted molar refractivity (Wildman–Crippen MR) is 95.1 cm³/mol. The van der Waals surface area contributed by atoms with Gasteiger partial charge in [-0.1, -0.05) is 0 Å². The number of rotatable bonds is 3. The lowest BCUT2D eigenvalue weighted by Gasteiger charge is -2.11. The Morgan fingerprint density at radius 2 is 1.62 bits per heavy atom. The number of hydrazine groups is 1. The van der Waals surface area contributed by atoms with Crippen molar-refractivity contribution in [3.63, 3.8) is 0 Å². The standard InChI is InChI=1S/C9H12N4OS.C4H6N4O/c14-9-5-8(10-6-11-9)13-12-7-1-3-15-4-2-7;5-8-3-1-4(9)7-2-6-3/h5-6H,1-4H2,(H2,10,11,13,14);1-2H,5H2,(H2,6,7,8,9). The SMILES string of the molecule is NNc1cc(=O)[nH]cn1.O=c1cc(NN=C2CCSCC2)nc[nH]1. The fraction of sp³-hybridized carbons (Fsp3) is 0.308. The van der Waals surface area contributed by atoms with Gasteiger partial charge in [-0.15, -0.1) is 0 Å².